The first-order chi connectivity index (χ1) is 13.3. The van der Waals surface area contributed by atoms with Gasteiger partial charge in [-0.25, -0.2) is 9.97 Å². The van der Waals surface area contributed by atoms with Gasteiger partial charge >= 0.3 is 6.18 Å². The maximum Gasteiger partial charge on any atom is 0.416 e. The normalized spacial score (nSPS) is 11.8. The van der Waals surface area contributed by atoms with Crippen molar-refractivity contribution in [2.75, 3.05) is 25.5 Å². The molecule has 0 saturated carbocycles. The highest BCUT2D eigenvalue weighted by Crippen LogP contribution is 2.35. The van der Waals surface area contributed by atoms with E-state index in [0.29, 0.717) is 22.4 Å². The zero-order chi connectivity index (χ0) is 20.3. The van der Waals surface area contributed by atoms with Crippen LogP contribution in [-0.4, -0.2) is 30.1 Å². The second kappa shape index (κ2) is 8.45. The van der Waals surface area contributed by atoms with Gasteiger partial charge in [-0.1, -0.05) is 28.1 Å². The van der Waals surface area contributed by atoms with Gasteiger partial charge in [0.1, 0.15) is 5.82 Å². The highest BCUT2D eigenvalue weighted by Gasteiger charge is 2.31. The van der Waals surface area contributed by atoms with Crippen molar-refractivity contribution < 1.29 is 13.2 Å². The van der Waals surface area contributed by atoms with Gasteiger partial charge in [-0.05, 0) is 56.8 Å². The predicted molar refractivity (Wildman–Crippen MR) is 109 cm³/mol. The molecule has 4 nitrogen and oxygen atoms in total. The quantitative estimate of drug-likeness (QED) is 0.491. The molecule has 0 bridgehead atoms. The summed E-state index contributed by atoms with van der Waals surface area (Å²) < 4.78 is 40.0. The van der Waals surface area contributed by atoms with Crippen LogP contribution in [0.3, 0.4) is 0 Å². The van der Waals surface area contributed by atoms with Gasteiger partial charge in [0.05, 0.1) is 11.1 Å². The first-order valence-corrected chi connectivity index (χ1v) is 9.63. The molecule has 3 aromatic rings. The van der Waals surface area contributed by atoms with Crippen LogP contribution in [0.15, 0.2) is 40.9 Å². The molecule has 0 unspecified atom stereocenters. The molecule has 2 N–H and O–H groups in total. The zero-order valence-corrected chi connectivity index (χ0v) is 17.1. The van der Waals surface area contributed by atoms with Crippen LogP contribution in [0.5, 0.6) is 0 Å². The topological polar surface area (TPSA) is 49.8 Å². The summed E-state index contributed by atoms with van der Waals surface area (Å²) in [7, 11) is 1.88. The van der Waals surface area contributed by atoms with Crippen LogP contribution in [0.1, 0.15) is 17.5 Å². The summed E-state index contributed by atoms with van der Waals surface area (Å²) in [6.45, 7) is 3.46. The number of benzene rings is 2. The zero-order valence-electron chi connectivity index (χ0n) is 15.5. The van der Waals surface area contributed by atoms with E-state index in [0.717, 1.165) is 41.6 Å². The van der Waals surface area contributed by atoms with E-state index in [1.165, 1.54) is 0 Å². The molecule has 0 aliphatic carbocycles. The van der Waals surface area contributed by atoms with Crippen LogP contribution >= 0.6 is 15.9 Å². The van der Waals surface area contributed by atoms with E-state index in [2.05, 4.69) is 36.5 Å². The maximum atomic E-state index is 13.2. The summed E-state index contributed by atoms with van der Waals surface area (Å²) in [5.74, 6) is 0.873. The maximum absolute atomic E-state index is 13.2. The largest absolute Gasteiger partial charge is 0.416 e. The lowest BCUT2D eigenvalue weighted by molar-refractivity contribution is -0.137. The monoisotopic (exact) mass is 452 g/mol. The summed E-state index contributed by atoms with van der Waals surface area (Å²) in [5.41, 5.74) is 1.22. The number of alkyl halides is 3. The Labute approximate surface area is 169 Å². The van der Waals surface area contributed by atoms with E-state index >= 15 is 0 Å². The lowest BCUT2D eigenvalue weighted by Crippen LogP contribution is -2.14. The predicted octanol–water partition coefficient (Wildman–Crippen LogP) is 5.41. The number of aryl methyl sites for hydroxylation is 1. The Morgan fingerprint density at radius 2 is 1.86 bits per heavy atom. The highest BCUT2D eigenvalue weighted by molar-refractivity contribution is 9.10. The molecule has 0 amide bonds. The van der Waals surface area contributed by atoms with Crippen molar-refractivity contribution in [2.24, 2.45) is 0 Å². The Morgan fingerprint density at radius 1 is 1.07 bits per heavy atom. The van der Waals surface area contributed by atoms with Crippen molar-refractivity contribution in [3.63, 3.8) is 0 Å². The van der Waals surface area contributed by atoms with Gasteiger partial charge < -0.3 is 10.6 Å². The van der Waals surface area contributed by atoms with Gasteiger partial charge in [-0.3, -0.25) is 0 Å². The van der Waals surface area contributed by atoms with Crippen molar-refractivity contribution in [1.29, 1.82) is 0 Å². The Balaban J connectivity index is 2.11. The van der Waals surface area contributed by atoms with E-state index in [1.807, 2.05) is 32.2 Å². The first-order valence-electron chi connectivity index (χ1n) is 8.83. The molecule has 2 aromatic carbocycles. The van der Waals surface area contributed by atoms with E-state index in [9.17, 15) is 13.2 Å². The summed E-state index contributed by atoms with van der Waals surface area (Å²) in [6, 6.07) is 9.47. The molecule has 8 heteroatoms. The van der Waals surface area contributed by atoms with Crippen LogP contribution < -0.4 is 10.6 Å². The van der Waals surface area contributed by atoms with E-state index in [-0.39, 0.29) is 5.82 Å². The first kappa shape index (κ1) is 20.5. The smallest absolute Gasteiger partial charge is 0.369 e. The van der Waals surface area contributed by atoms with E-state index < -0.39 is 11.7 Å². The number of para-hydroxylation sites is 1. The number of rotatable bonds is 6. The number of halogens is 4. The van der Waals surface area contributed by atoms with E-state index in [1.54, 1.807) is 6.07 Å². The van der Waals surface area contributed by atoms with Crippen molar-refractivity contribution >= 4 is 32.7 Å². The SMILES string of the molecule is CNCCCNc1nc(-c2cc(Br)cc(C(F)(F)F)c2)nc2c(C)cccc12. The van der Waals surface area contributed by atoms with Crippen molar-refractivity contribution in [1.82, 2.24) is 15.3 Å². The molecule has 1 heterocycles. The minimum atomic E-state index is -4.44. The lowest BCUT2D eigenvalue weighted by Gasteiger charge is -2.14. The van der Waals surface area contributed by atoms with Gasteiger partial charge in [0.15, 0.2) is 5.82 Å². The third-order valence-corrected chi connectivity index (χ3v) is 4.77. The number of anilines is 1. The third kappa shape index (κ3) is 4.62. The molecule has 0 aliphatic heterocycles. The van der Waals surface area contributed by atoms with Crippen LogP contribution in [0.2, 0.25) is 0 Å². The Kier molecular flexibility index (Phi) is 6.20. The van der Waals surface area contributed by atoms with Gasteiger partial charge in [-0.2, -0.15) is 13.2 Å². The molecule has 0 aliphatic rings. The Hall–Kier alpha value is -2.19. The van der Waals surface area contributed by atoms with Crippen LogP contribution in [0.4, 0.5) is 19.0 Å². The summed E-state index contributed by atoms with van der Waals surface area (Å²) >= 11 is 3.17. The van der Waals surface area contributed by atoms with Gasteiger partial charge in [0, 0.05) is 22.0 Å². The fourth-order valence-corrected chi connectivity index (χ4v) is 3.41. The second-order valence-electron chi connectivity index (χ2n) is 6.48. The van der Waals surface area contributed by atoms with Crippen LogP contribution in [0.25, 0.3) is 22.3 Å². The Bertz CT molecular complexity index is 989. The molecule has 0 atom stereocenters. The summed E-state index contributed by atoms with van der Waals surface area (Å²) in [5, 5.41) is 7.22. The average Bonchev–Trinajstić information content (AvgIpc) is 2.64. The number of nitrogens with zero attached hydrogens (tertiary/aromatic N) is 2. The molecular weight excluding hydrogens is 433 g/mol. The fourth-order valence-electron chi connectivity index (χ4n) is 2.91. The number of hydrogen-bond acceptors (Lipinski definition) is 4. The van der Waals surface area contributed by atoms with Crippen molar-refractivity contribution in [3.05, 3.63) is 52.0 Å². The minimum absolute atomic E-state index is 0.254. The molecule has 0 spiro atoms. The third-order valence-electron chi connectivity index (χ3n) is 4.31. The summed E-state index contributed by atoms with van der Waals surface area (Å²) in [6.07, 6.45) is -3.56. The molecular formula is C20H20BrF3N4. The van der Waals surface area contributed by atoms with Gasteiger partial charge in [-0.15, -0.1) is 0 Å². The average molecular weight is 453 g/mol. The molecule has 0 radical (unpaired) electrons. The van der Waals surface area contributed by atoms with E-state index in [4.69, 9.17) is 0 Å². The number of hydrogen-bond donors (Lipinski definition) is 2. The lowest BCUT2D eigenvalue weighted by atomic mass is 10.1. The van der Waals surface area contributed by atoms with Gasteiger partial charge in [0.25, 0.3) is 0 Å². The van der Waals surface area contributed by atoms with Crippen molar-refractivity contribution in [2.45, 2.75) is 19.5 Å². The molecule has 148 valence electrons. The number of nitrogens with one attached hydrogen (secondary N) is 2. The van der Waals surface area contributed by atoms with Gasteiger partial charge in [0.2, 0.25) is 0 Å². The molecule has 28 heavy (non-hydrogen) atoms. The second-order valence-corrected chi connectivity index (χ2v) is 7.39. The fraction of sp³-hybridized carbons (Fsp3) is 0.300. The standard InChI is InChI=1S/C20H20BrF3N4/c1-12-5-3-6-16-17(12)27-18(28-19(16)26-8-4-7-25-2)13-9-14(20(22,23)24)11-15(21)10-13/h3,5-6,9-11,25H,4,7-8H2,1-2H3,(H,26,27,28). The summed E-state index contributed by atoms with van der Waals surface area (Å²) in [4.78, 5) is 9.11. The highest BCUT2D eigenvalue weighted by atomic mass is 79.9. The number of aromatic nitrogens is 2. The van der Waals surface area contributed by atoms with Crippen molar-refractivity contribution in [3.8, 4) is 11.4 Å². The molecule has 0 fully saturated rings. The molecule has 1 aromatic heterocycles. The Morgan fingerprint density at radius 3 is 2.57 bits per heavy atom. The molecule has 0 saturated heterocycles. The minimum Gasteiger partial charge on any atom is -0.369 e. The molecule has 3 rings (SSSR count). The van der Waals surface area contributed by atoms with Crippen LogP contribution in [0, 0.1) is 6.92 Å². The number of fused-ring (bicyclic) bond motifs is 1. The van der Waals surface area contributed by atoms with Crippen LogP contribution in [-0.2, 0) is 6.18 Å².